The molecule has 1 amide bonds. The van der Waals surface area contributed by atoms with Crippen LogP contribution in [0.25, 0.3) is 10.9 Å². The molecule has 3 nitrogen and oxygen atoms in total. The van der Waals surface area contributed by atoms with Gasteiger partial charge in [0.15, 0.2) is 0 Å². The van der Waals surface area contributed by atoms with E-state index in [9.17, 15) is 4.79 Å². The smallest absolute Gasteiger partial charge is 0.222 e. The zero-order chi connectivity index (χ0) is 12.7. The van der Waals surface area contributed by atoms with Crippen LogP contribution < -0.4 is 0 Å². The van der Waals surface area contributed by atoms with Gasteiger partial charge >= 0.3 is 0 Å². The van der Waals surface area contributed by atoms with Gasteiger partial charge in [-0.25, -0.2) is 0 Å². The number of carbonyl (C=O) groups is 1. The van der Waals surface area contributed by atoms with Gasteiger partial charge in [-0.05, 0) is 6.07 Å². The summed E-state index contributed by atoms with van der Waals surface area (Å²) in [6, 6.07) is 8.46. The normalized spacial score (nSPS) is 14.9. The van der Waals surface area contributed by atoms with Gasteiger partial charge in [-0.15, -0.1) is 0 Å². The SMILES string of the molecule is CCC(=O)N1CCc2c(c3ccccc3n2C)C1. The predicted octanol–water partition coefficient (Wildman–Crippen LogP) is 2.47. The summed E-state index contributed by atoms with van der Waals surface area (Å²) in [6.07, 6.45) is 1.56. The maximum Gasteiger partial charge on any atom is 0.222 e. The van der Waals surface area contributed by atoms with Gasteiger partial charge in [-0.2, -0.15) is 0 Å². The molecule has 2 aromatic rings. The topological polar surface area (TPSA) is 25.2 Å². The van der Waals surface area contributed by atoms with Crippen molar-refractivity contribution < 1.29 is 4.79 Å². The first-order valence-corrected chi connectivity index (χ1v) is 6.55. The average Bonchev–Trinajstić information content (AvgIpc) is 2.72. The largest absolute Gasteiger partial charge is 0.347 e. The summed E-state index contributed by atoms with van der Waals surface area (Å²) in [7, 11) is 2.12. The summed E-state index contributed by atoms with van der Waals surface area (Å²) in [6.45, 7) is 3.55. The van der Waals surface area contributed by atoms with Crippen LogP contribution in [0.3, 0.4) is 0 Å². The molecular formula is C15H18N2O. The maximum absolute atomic E-state index is 11.8. The molecule has 0 fully saturated rings. The van der Waals surface area contributed by atoms with Crippen molar-refractivity contribution in [1.82, 2.24) is 9.47 Å². The first kappa shape index (κ1) is 11.3. The van der Waals surface area contributed by atoms with E-state index in [1.165, 1.54) is 22.2 Å². The molecule has 0 saturated heterocycles. The van der Waals surface area contributed by atoms with Gasteiger partial charge in [0.25, 0.3) is 0 Å². The molecule has 0 N–H and O–H groups in total. The second kappa shape index (κ2) is 4.16. The first-order valence-electron chi connectivity index (χ1n) is 6.55. The third-order valence-corrected chi connectivity index (χ3v) is 3.97. The number of benzene rings is 1. The summed E-state index contributed by atoms with van der Waals surface area (Å²) in [5, 5.41) is 1.30. The summed E-state index contributed by atoms with van der Waals surface area (Å²) >= 11 is 0. The molecule has 1 aromatic carbocycles. The summed E-state index contributed by atoms with van der Waals surface area (Å²) in [4.78, 5) is 13.8. The number of para-hydroxylation sites is 1. The van der Waals surface area contributed by atoms with Gasteiger partial charge in [0, 0.05) is 55.1 Å². The summed E-state index contributed by atoms with van der Waals surface area (Å²) < 4.78 is 2.28. The highest BCUT2D eigenvalue weighted by Crippen LogP contribution is 2.30. The van der Waals surface area contributed by atoms with E-state index in [4.69, 9.17) is 0 Å². The second-order valence-corrected chi connectivity index (χ2v) is 4.92. The van der Waals surface area contributed by atoms with Crippen molar-refractivity contribution in [2.45, 2.75) is 26.3 Å². The zero-order valence-electron chi connectivity index (χ0n) is 10.9. The van der Waals surface area contributed by atoms with Crippen LogP contribution in [0, 0.1) is 0 Å². The molecule has 0 atom stereocenters. The van der Waals surface area contributed by atoms with Crippen molar-refractivity contribution in [2.24, 2.45) is 7.05 Å². The Morgan fingerprint density at radius 2 is 2.11 bits per heavy atom. The van der Waals surface area contributed by atoms with E-state index < -0.39 is 0 Å². The third kappa shape index (κ3) is 1.54. The molecule has 94 valence electrons. The van der Waals surface area contributed by atoms with Crippen LogP contribution in [-0.4, -0.2) is 21.9 Å². The fraction of sp³-hybridized carbons (Fsp3) is 0.400. The Kier molecular flexibility index (Phi) is 2.62. The van der Waals surface area contributed by atoms with Crippen molar-refractivity contribution in [3.8, 4) is 0 Å². The number of aromatic nitrogens is 1. The van der Waals surface area contributed by atoms with E-state index in [1.807, 2.05) is 11.8 Å². The highest BCUT2D eigenvalue weighted by molar-refractivity contribution is 5.86. The quantitative estimate of drug-likeness (QED) is 0.754. The third-order valence-electron chi connectivity index (χ3n) is 3.97. The number of hydrogen-bond donors (Lipinski definition) is 0. The van der Waals surface area contributed by atoms with Crippen LogP contribution in [0.4, 0.5) is 0 Å². The Morgan fingerprint density at radius 1 is 1.33 bits per heavy atom. The Bertz CT molecular complexity index is 612. The fourth-order valence-electron chi connectivity index (χ4n) is 2.97. The fourth-order valence-corrected chi connectivity index (χ4v) is 2.97. The van der Waals surface area contributed by atoms with Gasteiger partial charge in [0.2, 0.25) is 5.91 Å². The van der Waals surface area contributed by atoms with Crippen LogP contribution in [-0.2, 0) is 24.8 Å². The van der Waals surface area contributed by atoms with Gasteiger partial charge in [-0.3, -0.25) is 4.79 Å². The Labute approximate surface area is 107 Å². The zero-order valence-corrected chi connectivity index (χ0v) is 10.9. The van der Waals surface area contributed by atoms with E-state index in [0.717, 1.165) is 19.5 Å². The number of nitrogens with zero attached hydrogens (tertiary/aromatic N) is 2. The standard InChI is InChI=1S/C15H18N2O/c1-3-15(18)17-9-8-14-12(10-17)11-6-4-5-7-13(11)16(14)2/h4-7H,3,8-10H2,1-2H3. The number of rotatable bonds is 1. The number of aryl methyl sites for hydroxylation is 1. The van der Waals surface area contributed by atoms with Crippen molar-refractivity contribution in [3.63, 3.8) is 0 Å². The molecular weight excluding hydrogens is 224 g/mol. The molecule has 1 aliphatic rings. The minimum absolute atomic E-state index is 0.258. The van der Waals surface area contributed by atoms with Crippen LogP contribution in [0.5, 0.6) is 0 Å². The predicted molar refractivity (Wildman–Crippen MR) is 72.3 cm³/mol. The van der Waals surface area contributed by atoms with Crippen molar-refractivity contribution in [2.75, 3.05) is 6.54 Å². The molecule has 2 heterocycles. The molecule has 3 rings (SSSR count). The first-order chi connectivity index (χ1) is 8.72. The van der Waals surface area contributed by atoms with Crippen LogP contribution in [0.15, 0.2) is 24.3 Å². The molecule has 0 saturated carbocycles. The molecule has 0 radical (unpaired) electrons. The molecule has 0 bridgehead atoms. The number of amides is 1. The molecule has 3 heteroatoms. The van der Waals surface area contributed by atoms with Crippen molar-refractivity contribution >= 4 is 16.8 Å². The van der Waals surface area contributed by atoms with Crippen LogP contribution in [0.2, 0.25) is 0 Å². The highest BCUT2D eigenvalue weighted by atomic mass is 16.2. The molecule has 1 aromatic heterocycles. The molecule has 1 aliphatic heterocycles. The maximum atomic E-state index is 11.8. The van der Waals surface area contributed by atoms with E-state index in [-0.39, 0.29) is 5.91 Å². The van der Waals surface area contributed by atoms with Gasteiger partial charge in [0.1, 0.15) is 0 Å². The second-order valence-electron chi connectivity index (χ2n) is 4.92. The molecule has 0 aliphatic carbocycles. The lowest BCUT2D eigenvalue weighted by Gasteiger charge is -2.27. The lowest BCUT2D eigenvalue weighted by atomic mass is 10.0. The minimum Gasteiger partial charge on any atom is -0.347 e. The number of carbonyl (C=O) groups excluding carboxylic acids is 1. The van der Waals surface area contributed by atoms with E-state index in [2.05, 4.69) is 35.9 Å². The van der Waals surface area contributed by atoms with Gasteiger partial charge in [-0.1, -0.05) is 25.1 Å². The van der Waals surface area contributed by atoms with Crippen molar-refractivity contribution in [3.05, 3.63) is 35.5 Å². The van der Waals surface area contributed by atoms with E-state index in [1.54, 1.807) is 0 Å². The van der Waals surface area contributed by atoms with Crippen molar-refractivity contribution in [1.29, 1.82) is 0 Å². The summed E-state index contributed by atoms with van der Waals surface area (Å²) in [5.74, 6) is 0.258. The summed E-state index contributed by atoms with van der Waals surface area (Å²) in [5.41, 5.74) is 3.99. The number of fused-ring (bicyclic) bond motifs is 3. The highest BCUT2D eigenvalue weighted by Gasteiger charge is 2.24. The van der Waals surface area contributed by atoms with Crippen LogP contribution >= 0.6 is 0 Å². The molecule has 0 unspecified atom stereocenters. The van der Waals surface area contributed by atoms with Gasteiger partial charge in [0.05, 0.1) is 0 Å². The monoisotopic (exact) mass is 242 g/mol. The lowest BCUT2D eigenvalue weighted by Crippen LogP contribution is -2.35. The minimum atomic E-state index is 0.258. The Hall–Kier alpha value is -1.77. The Balaban J connectivity index is 2.10. The molecule has 18 heavy (non-hydrogen) atoms. The van der Waals surface area contributed by atoms with E-state index in [0.29, 0.717) is 6.42 Å². The lowest BCUT2D eigenvalue weighted by molar-refractivity contribution is -0.131. The van der Waals surface area contributed by atoms with Crippen LogP contribution in [0.1, 0.15) is 24.6 Å². The van der Waals surface area contributed by atoms with E-state index >= 15 is 0 Å². The van der Waals surface area contributed by atoms with Gasteiger partial charge < -0.3 is 9.47 Å². The molecule has 0 spiro atoms. The number of hydrogen-bond acceptors (Lipinski definition) is 1. The Morgan fingerprint density at radius 3 is 2.89 bits per heavy atom. The average molecular weight is 242 g/mol.